The van der Waals surface area contributed by atoms with Gasteiger partial charge in [0.15, 0.2) is 5.16 Å². The Morgan fingerprint density at radius 2 is 1.90 bits per heavy atom. The van der Waals surface area contributed by atoms with Crippen LogP contribution in [0, 0.1) is 0 Å². The summed E-state index contributed by atoms with van der Waals surface area (Å²) in [4.78, 5) is 15.3. The minimum absolute atomic E-state index is 0.0119. The van der Waals surface area contributed by atoms with Crippen LogP contribution in [0.5, 0.6) is 5.75 Å². The second kappa shape index (κ2) is 8.69. The monoisotopic (exact) mass is 432 g/mol. The fraction of sp³-hybridized carbons (Fsp3) is 0.174. The van der Waals surface area contributed by atoms with E-state index in [9.17, 15) is 4.79 Å². The zero-order chi connectivity index (χ0) is 21.0. The maximum absolute atomic E-state index is 13.4. The van der Waals surface area contributed by atoms with Gasteiger partial charge < -0.3 is 13.7 Å². The zero-order valence-electron chi connectivity index (χ0n) is 16.6. The van der Waals surface area contributed by atoms with Crippen LogP contribution in [0.4, 0.5) is 5.69 Å². The molecule has 1 atom stereocenters. The number of carbonyl (C=O) groups excluding carboxylic acids is 1. The van der Waals surface area contributed by atoms with Gasteiger partial charge in [0.25, 0.3) is 0 Å². The van der Waals surface area contributed by atoms with Gasteiger partial charge in [0.2, 0.25) is 5.91 Å². The van der Waals surface area contributed by atoms with Crippen molar-refractivity contribution in [1.82, 2.24) is 14.8 Å². The predicted octanol–water partition coefficient (Wildman–Crippen LogP) is 4.18. The van der Waals surface area contributed by atoms with Crippen LogP contribution in [-0.4, -0.2) is 33.0 Å². The molecule has 0 fully saturated rings. The van der Waals surface area contributed by atoms with Crippen LogP contribution >= 0.6 is 11.8 Å². The highest BCUT2D eigenvalue weighted by molar-refractivity contribution is 7.99. The summed E-state index contributed by atoms with van der Waals surface area (Å²) in [5.41, 5.74) is 1.82. The number of amides is 1. The Morgan fingerprint density at radius 1 is 1.06 bits per heavy atom. The smallest absolute Gasteiger partial charge is 0.238 e. The number of benzene rings is 2. The second-order valence-corrected chi connectivity index (χ2v) is 8.02. The molecule has 0 saturated carbocycles. The number of hydrogen-bond donors (Lipinski definition) is 0. The number of rotatable bonds is 6. The average Bonchev–Trinajstić information content (AvgIpc) is 3.50. The number of furan rings is 1. The van der Waals surface area contributed by atoms with E-state index in [0.29, 0.717) is 24.1 Å². The van der Waals surface area contributed by atoms with E-state index in [1.165, 1.54) is 11.8 Å². The molecule has 1 aliphatic heterocycles. The summed E-state index contributed by atoms with van der Waals surface area (Å²) in [6.07, 6.45) is 3.28. The lowest BCUT2D eigenvalue weighted by Crippen LogP contribution is -2.42. The van der Waals surface area contributed by atoms with E-state index in [1.807, 2.05) is 76.2 Å². The summed E-state index contributed by atoms with van der Waals surface area (Å²) in [5, 5.41) is 8.84. The first-order valence-electron chi connectivity index (χ1n) is 9.91. The van der Waals surface area contributed by atoms with Gasteiger partial charge in [-0.05, 0) is 29.8 Å². The van der Waals surface area contributed by atoms with Crippen molar-refractivity contribution < 1.29 is 13.9 Å². The summed E-state index contributed by atoms with van der Waals surface area (Å²) >= 11 is 1.36. The predicted molar refractivity (Wildman–Crippen MR) is 117 cm³/mol. The molecule has 0 bridgehead atoms. The number of thioether (sulfide) groups is 1. The lowest BCUT2D eigenvalue weighted by molar-refractivity contribution is -0.117. The minimum atomic E-state index is -0.190. The largest absolute Gasteiger partial charge is 0.489 e. The molecule has 1 unspecified atom stereocenters. The molecule has 4 aromatic rings. The van der Waals surface area contributed by atoms with Crippen LogP contribution in [0.15, 0.2) is 88.9 Å². The Kier molecular flexibility index (Phi) is 5.45. The average molecular weight is 433 g/mol. The number of carbonyl (C=O) groups is 1. The van der Waals surface area contributed by atoms with Crippen LogP contribution in [0.25, 0.3) is 0 Å². The third kappa shape index (κ3) is 4.06. The quantitative estimate of drug-likeness (QED) is 0.426. The van der Waals surface area contributed by atoms with Gasteiger partial charge in [-0.15, -0.1) is 10.2 Å². The molecule has 0 N–H and O–H groups in total. The second-order valence-electron chi connectivity index (χ2n) is 7.08. The van der Waals surface area contributed by atoms with Crippen molar-refractivity contribution >= 4 is 23.4 Å². The molecule has 0 saturated heterocycles. The molecule has 31 heavy (non-hydrogen) atoms. The Bertz CT molecular complexity index is 1160. The van der Waals surface area contributed by atoms with E-state index in [-0.39, 0.29) is 17.7 Å². The van der Waals surface area contributed by atoms with Crippen LogP contribution in [-0.2, 0) is 11.3 Å². The summed E-state index contributed by atoms with van der Waals surface area (Å²) in [6, 6.07) is 21.2. The zero-order valence-corrected chi connectivity index (χ0v) is 17.4. The maximum atomic E-state index is 13.4. The highest BCUT2D eigenvalue weighted by Gasteiger charge is 2.33. The molecule has 2 aromatic carbocycles. The van der Waals surface area contributed by atoms with Gasteiger partial charge in [-0.2, -0.15) is 0 Å². The van der Waals surface area contributed by atoms with Crippen molar-refractivity contribution in [3.8, 4) is 5.75 Å². The Balaban J connectivity index is 1.37. The van der Waals surface area contributed by atoms with E-state index in [2.05, 4.69) is 10.2 Å². The van der Waals surface area contributed by atoms with E-state index in [4.69, 9.17) is 9.15 Å². The Hall–Kier alpha value is -3.52. The van der Waals surface area contributed by atoms with Crippen LogP contribution in [0.3, 0.4) is 0 Å². The van der Waals surface area contributed by atoms with Crippen molar-refractivity contribution in [3.05, 3.63) is 90.6 Å². The maximum Gasteiger partial charge on any atom is 0.238 e. The van der Waals surface area contributed by atoms with Crippen LogP contribution < -0.4 is 9.64 Å². The van der Waals surface area contributed by atoms with E-state index < -0.39 is 0 Å². The Labute approximate surface area is 183 Å². The summed E-state index contributed by atoms with van der Waals surface area (Å²) < 4.78 is 13.2. The van der Waals surface area contributed by atoms with E-state index in [0.717, 1.165) is 17.0 Å². The van der Waals surface area contributed by atoms with Crippen LogP contribution in [0.2, 0.25) is 0 Å². The molecule has 0 spiro atoms. The van der Waals surface area contributed by atoms with Gasteiger partial charge >= 0.3 is 0 Å². The topological polar surface area (TPSA) is 73.4 Å². The molecular formula is C23H20N4O3S. The summed E-state index contributed by atoms with van der Waals surface area (Å²) in [6.45, 7) is 0.926. The van der Waals surface area contributed by atoms with Gasteiger partial charge in [-0.1, -0.05) is 54.2 Å². The standard InChI is InChI=1S/C23H20N4O3S/c28-22(15-31-23-25-24-16-26(23)13-18-9-6-12-29-18)27-19-10-4-5-11-21(19)30-14-20(27)17-7-2-1-3-8-17/h1-12,16,20H,13-15H2. The number of anilines is 1. The third-order valence-corrected chi connectivity index (χ3v) is 6.06. The molecule has 0 aliphatic carbocycles. The number of nitrogens with zero attached hydrogens (tertiary/aromatic N) is 4. The molecule has 3 heterocycles. The first-order chi connectivity index (χ1) is 15.3. The molecule has 2 aromatic heterocycles. The number of hydrogen-bond acceptors (Lipinski definition) is 6. The molecule has 7 nitrogen and oxygen atoms in total. The molecular weight excluding hydrogens is 412 g/mol. The fourth-order valence-electron chi connectivity index (χ4n) is 3.65. The molecule has 1 amide bonds. The van der Waals surface area contributed by atoms with Gasteiger partial charge in [-0.3, -0.25) is 9.69 Å². The van der Waals surface area contributed by atoms with Crippen molar-refractivity contribution in [3.63, 3.8) is 0 Å². The van der Waals surface area contributed by atoms with E-state index in [1.54, 1.807) is 12.6 Å². The molecule has 1 aliphatic rings. The normalized spacial score (nSPS) is 15.4. The van der Waals surface area contributed by atoms with Crippen molar-refractivity contribution in [2.24, 2.45) is 0 Å². The van der Waals surface area contributed by atoms with Crippen molar-refractivity contribution in [2.45, 2.75) is 17.7 Å². The molecule has 8 heteroatoms. The third-order valence-electron chi connectivity index (χ3n) is 5.10. The van der Waals surface area contributed by atoms with Gasteiger partial charge in [-0.25, -0.2) is 0 Å². The number of ether oxygens (including phenoxy) is 1. The molecule has 156 valence electrons. The highest BCUT2D eigenvalue weighted by atomic mass is 32.2. The minimum Gasteiger partial charge on any atom is -0.489 e. The van der Waals surface area contributed by atoms with Gasteiger partial charge in [0.1, 0.15) is 24.4 Å². The first kappa shape index (κ1) is 19.4. The number of fused-ring (bicyclic) bond motifs is 1. The summed E-state index contributed by atoms with van der Waals surface area (Å²) in [5.74, 6) is 1.74. The molecule has 0 radical (unpaired) electrons. The first-order valence-corrected chi connectivity index (χ1v) is 10.9. The molecule has 5 rings (SSSR count). The summed E-state index contributed by atoms with van der Waals surface area (Å²) in [7, 11) is 0. The Morgan fingerprint density at radius 3 is 2.74 bits per heavy atom. The lowest BCUT2D eigenvalue weighted by Gasteiger charge is -2.37. The van der Waals surface area contributed by atoms with Crippen LogP contribution in [0.1, 0.15) is 17.4 Å². The van der Waals surface area contributed by atoms with Crippen molar-refractivity contribution in [1.29, 1.82) is 0 Å². The van der Waals surface area contributed by atoms with Gasteiger partial charge in [0, 0.05) is 0 Å². The number of para-hydroxylation sites is 2. The van der Waals surface area contributed by atoms with E-state index >= 15 is 0 Å². The fourth-order valence-corrected chi connectivity index (χ4v) is 4.42. The number of aromatic nitrogens is 3. The SMILES string of the molecule is O=C(CSc1nncn1Cc1ccco1)N1c2ccccc2OCC1c1ccccc1. The van der Waals surface area contributed by atoms with Gasteiger partial charge in [0.05, 0.1) is 30.3 Å². The van der Waals surface area contributed by atoms with Crippen molar-refractivity contribution in [2.75, 3.05) is 17.3 Å². The lowest BCUT2D eigenvalue weighted by atomic mass is 10.0. The highest BCUT2D eigenvalue weighted by Crippen LogP contribution is 2.39.